The SMILES string of the molecule is NC(=O)c1cccc(Sc2ccc(C(=O)NC3CN4CCC3CC4)cc2)c1. The van der Waals surface area contributed by atoms with Crippen molar-refractivity contribution in [3.63, 3.8) is 0 Å². The normalized spacial score (nSPS) is 23.8. The number of hydrogen-bond acceptors (Lipinski definition) is 4. The minimum atomic E-state index is -0.433. The summed E-state index contributed by atoms with van der Waals surface area (Å²) in [5.74, 6) is 0.185. The number of fused-ring (bicyclic) bond motifs is 3. The fourth-order valence-electron chi connectivity index (χ4n) is 3.90. The molecule has 2 aromatic rings. The molecule has 2 aromatic carbocycles. The van der Waals surface area contributed by atoms with Crippen molar-refractivity contribution in [3.05, 3.63) is 59.7 Å². The topological polar surface area (TPSA) is 75.4 Å². The van der Waals surface area contributed by atoms with Gasteiger partial charge in [-0.15, -0.1) is 0 Å². The van der Waals surface area contributed by atoms with Crippen molar-refractivity contribution in [1.29, 1.82) is 0 Å². The van der Waals surface area contributed by atoms with E-state index in [0.29, 0.717) is 17.0 Å². The van der Waals surface area contributed by atoms with Crippen molar-refractivity contribution >= 4 is 23.6 Å². The molecular weight excluding hydrogens is 358 g/mol. The van der Waals surface area contributed by atoms with Crippen LogP contribution in [0.25, 0.3) is 0 Å². The number of benzene rings is 2. The van der Waals surface area contributed by atoms with Gasteiger partial charge in [-0.1, -0.05) is 17.8 Å². The second kappa shape index (κ2) is 7.74. The first kappa shape index (κ1) is 18.1. The lowest BCUT2D eigenvalue weighted by Gasteiger charge is -2.44. The first-order valence-electron chi connectivity index (χ1n) is 9.29. The molecule has 3 fully saturated rings. The summed E-state index contributed by atoms with van der Waals surface area (Å²) in [5, 5.41) is 3.22. The molecule has 0 radical (unpaired) electrons. The smallest absolute Gasteiger partial charge is 0.251 e. The molecule has 6 heteroatoms. The Morgan fingerprint density at radius 3 is 2.37 bits per heavy atom. The molecule has 0 saturated carbocycles. The maximum Gasteiger partial charge on any atom is 0.251 e. The molecule has 3 N–H and O–H groups in total. The van der Waals surface area contributed by atoms with Gasteiger partial charge in [-0.25, -0.2) is 0 Å². The summed E-state index contributed by atoms with van der Waals surface area (Å²) < 4.78 is 0. The van der Waals surface area contributed by atoms with Crippen molar-refractivity contribution in [3.8, 4) is 0 Å². The van der Waals surface area contributed by atoms with E-state index in [1.165, 1.54) is 37.7 Å². The predicted octanol–water partition coefficient (Wildman–Crippen LogP) is 2.76. The van der Waals surface area contributed by atoms with Crippen LogP contribution in [0.5, 0.6) is 0 Å². The summed E-state index contributed by atoms with van der Waals surface area (Å²) >= 11 is 1.54. The molecule has 0 aliphatic carbocycles. The lowest BCUT2D eigenvalue weighted by atomic mass is 9.84. The van der Waals surface area contributed by atoms with E-state index < -0.39 is 5.91 Å². The molecule has 3 aliphatic rings. The Kier molecular flexibility index (Phi) is 5.18. The van der Waals surface area contributed by atoms with Gasteiger partial charge < -0.3 is 16.0 Å². The Balaban J connectivity index is 1.39. The Morgan fingerprint density at radius 1 is 1.00 bits per heavy atom. The van der Waals surface area contributed by atoms with Gasteiger partial charge in [-0.2, -0.15) is 0 Å². The van der Waals surface area contributed by atoms with Crippen molar-refractivity contribution in [2.24, 2.45) is 11.7 Å². The molecular formula is C21H23N3O2S. The summed E-state index contributed by atoms with van der Waals surface area (Å²) in [4.78, 5) is 28.3. The van der Waals surface area contributed by atoms with E-state index in [1.54, 1.807) is 12.1 Å². The highest BCUT2D eigenvalue weighted by atomic mass is 32.2. The Labute approximate surface area is 163 Å². The molecule has 2 amide bonds. The molecule has 140 valence electrons. The van der Waals surface area contributed by atoms with E-state index >= 15 is 0 Å². The van der Waals surface area contributed by atoms with Crippen LogP contribution >= 0.6 is 11.8 Å². The molecule has 0 aromatic heterocycles. The average molecular weight is 382 g/mol. The minimum Gasteiger partial charge on any atom is -0.366 e. The third-order valence-corrected chi connectivity index (χ3v) is 6.44. The van der Waals surface area contributed by atoms with E-state index in [0.717, 1.165) is 16.3 Å². The monoisotopic (exact) mass is 381 g/mol. The lowest BCUT2D eigenvalue weighted by molar-refractivity contribution is 0.0620. The van der Waals surface area contributed by atoms with Gasteiger partial charge in [0.1, 0.15) is 0 Å². The number of piperidine rings is 3. The van der Waals surface area contributed by atoms with Gasteiger partial charge in [-0.3, -0.25) is 9.59 Å². The molecule has 1 unspecified atom stereocenters. The standard InChI is InChI=1S/C21H23N3O2S/c22-20(25)16-2-1-3-18(12-16)27-17-6-4-15(5-7-17)21(26)23-19-13-24-10-8-14(19)9-11-24/h1-7,12,14,19H,8-11,13H2,(H2,22,25)(H,23,26). The zero-order chi connectivity index (χ0) is 18.8. The Morgan fingerprint density at radius 2 is 1.74 bits per heavy atom. The first-order chi connectivity index (χ1) is 13.1. The zero-order valence-corrected chi connectivity index (χ0v) is 15.9. The van der Waals surface area contributed by atoms with Gasteiger partial charge in [-0.05, 0) is 74.3 Å². The summed E-state index contributed by atoms with van der Waals surface area (Å²) in [6.45, 7) is 3.31. The van der Waals surface area contributed by atoms with E-state index in [-0.39, 0.29) is 11.9 Å². The van der Waals surface area contributed by atoms with Crippen LogP contribution in [0.3, 0.4) is 0 Å². The van der Waals surface area contributed by atoms with Crippen LogP contribution in [0.15, 0.2) is 58.3 Å². The first-order valence-corrected chi connectivity index (χ1v) is 10.1. The fraction of sp³-hybridized carbons (Fsp3) is 0.333. The van der Waals surface area contributed by atoms with Crippen LogP contribution in [0.4, 0.5) is 0 Å². The maximum absolute atomic E-state index is 12.6. The fourth-order valence-corrected chi connectivity index (χ4v) is 4.78. The largest absolute Gasteiger partial charge is 0.366 e. The summed E-state index contributed by atoms with van der Waals surface area (Å²) in [6.07, 6.45) is 2.37. The minimum absolute atomic E-state index is 0.000950. The van der Waals surface area contributed by atoms with E-state index in [9.17, 15) is 9.59 Å². The highest BCUT2D eigenvalue weighted by Crippen LogP contribution is 2.29. The lowest BCUT2D eigenvalue weighted by Crippen LogP contribution is -2.57. The van der Waals surface area contributed by atoms with Crippen LogP contribution in [-0.2, 0) is 0 Å². The van der Waals surface area contributed by atoms with Crippen molar-refractivity contribution in [1.82, 2.24) is 10.2 Å². The highest BCUT2D eigenvalue weighted by Gasteiger charge is 2.34. The molecule has 3 saturated heterocycles. The number of primary amides is 1. The van der Waals surface area contributed by atoms with Crippen molar-refractivity contribution in [2.45, 2.75) is 28.7 Å². The van der Waals surface area contributed by atoms with Gasteiger partial charge in [0.15, 0.2) is 0 Å². The van der Waals surface area contributed by atoms with E-state index in [4.69, 9.17) is 5.73 Å². The number of hydrogen-bond donors (Lipinski definition) is 2. The second-order valence-corrected chi connectivity index (χ2v) is 8.38. The number of rotatable bonds is 5. The molecule has 1 atom stereocenters. The van der Waals surface area contributed by atoms with E-state index in [1.807, 2.05) is 36.4 Å². The van der Waals surface area contributed by atoms with Gasteiger partial charge in [0.05, 0.1) is 0 Å². The number of nitrogens with one attached hydrogen (secondary N) is 1. The molecule has 3 heterocycles. The summed E-state index contributed by atoms with van der Waals surface area (Å²) in [7, 11) is 0. The summed E-state index contributed by atoms with van der Waals surface area (Å²) in [6, 6.07) is 15.1. The molecule has 3 aliphatic heterocycles. The molecule has 5 nitrogen and oxygen atoms in total. The van der Waals surface area contributed by atoms with Gasteiger partial charge in [0.2, 0.25) is 5.91 Å². The number of nitrogens with zero attached hydrogens (tertiary/aromatic N) is 1. The third kappa shape index (κ3) is 4.17. The number of carbonyl (C=O) groups excluding carboxylic acids is 2. The third-order valence-electron chi connectivity index (χ3n) is 5.44. The van der Waals surface area contributed by atoms with Crippen LogP contribution in [0.1, 0.15) is 33.6 Å². The van der Waals surface area contributed by atoms with Gasteiger partial charge >= 0.3 is 0 Å². The second-order valence-electron chi connectivity index (χ2n) is 7.24. The van der Waals surface area contributed by atoms with Crippen LogP contribution in [0.2, 0.25) is 0 Å². The quantitative estimate of drug-likeness (QED) is 0.835. The molecule has 0 spiro atoms. The molecule has 2 bridgehead atoms. The Hall–Kier alpha value is -2.31. The highest BCUT2D eigenvalue weighted by molar-refractivity contribution is 7.99. The molecule has 27 heavy (non-hydrogen) atoms. The number of nitrogens with two attached hydrogens (primary N) is 1. The van der Waals surface area contributed by atoms with Gasteiger partial charge in [0, 0.05) is 33.5 Å². The van der Waals surface area contributed by atoms with Gasteiger partial charge in [0.25, 0.3) is 5.91 Å². The average Bonchev–Trinajstić information content (AvgIpc) is 2.69. The van der Waals surface area contributed by atoms with Crippen molar-refractivity contribution < 1.29 is 9.59 Å². The van der Waals surface area contributed by atoms with Crippen LogP contribution in [0, 0.1) is 5.92 Å². The Bertz CT molecular complexity index is 845. The number of carbonyl (C=O) groups is 2. The number of amides is 2. The van der Waals surface area contributed by atoms with Crippen LogP contribution in [-0.4, -0.2) is 42.4 Å². The maximum atomic E-state index is 12.6. The summed E-state index contributed by atoms with van der Waals surface area (Å²) in [5.41, 5.74) is 6.51. The zero-order valence-electron chi connectivity index (χ0n) is 15.1. The molecule has 5 rings (SSSR count). The van der Waals surface area contributed by atoms with E-state index in [2.05, 4.69) is 10.2 Å². The van der Waals surface area contributed by atoms with Crippen LogP contribution < -0.4 is 11.1 Å². The van der Waals surface area contributed by atoms with Crippen molar-refractivity contribution in [2.75, 3.05) is 19.6 Å². The predicted molar refractivity (Wildman–Crippen MR) is 106 cm³/mol.